The van der Waals surface area contributed by atoms with E-state index in [0.29, 0.717) is 25.0 Å². The fourth-order valence-electron chi connectivity index (χ4n) is 3.59. The third-order valence-electron chi connectivity index (χ3n) is 4.83. The number of nitrogens with zero attached hydrogens (tertiary/aromatic N) is 4. The maximum atomic E-state index is 11.8. The fourth-order valence-corrected chi connectivity index (χ4v) is 3.59. The van der Waals surface area contributed by atoms with Crippen LogP contribution in [-0.4, -0.2) is 65.6 Å². The molecule has 8 nitrogen and oxygen atoms in total. The van der Waals surface area contributed by atoms with E-state index in [-0.39, 0.29) is 36.1 Å². The van der Waals surface area contributed by atoms with Gasteiger partial charge in [-0.1, -0.05) is 13.8 Å². The van der Waals surface area contributed by atoms with Crippen LogP contribution in [0.15, 0.2) is 17.4 Å². The molecule has 0 saturated carbocycles. The molecular weight excluding hydrogens is 483 g/mol. The molecule has 1 amide bonds. The Labute approximate surface area is 191 Å². The second-order valence-corrected chi connectivity index (χ2v) is 7.76. The van der Waals surface area contributed by atoms with Crippen molar-refractivity contribution >= 4 is 36.0 Å². The van der Waals surface area contributed by atoms with E-state index in [9.17, 15) is 4.79 Å². The van der Waals surface area contributed by atoms with E-state index >= 15 is 0 Å². The van der Waals surface area contributed by atoms with Crippen molar-refractivity contribution in [1.82, 2.24) is 25.3 Å². The highest BCUT2D eigenvalue weighted by atomic mass is 127. The second kappa shape index (κ2) is 12.9. The Morgan fingerprint density at radius 1 is 1.41 bits per heavy atom. The number of likely N-dealkylation sites (tertiary alicyclic amines) is 1. The lowest BCUT2D eigenvalue weighted by atomic mass is 10.0. The molecule has 0 aromatic carbocycles. The fraction of sp³-hybridized carbons (Fsp3) is 0.750. The summed E-state index contributed by atoms with van der Waals surface area (Å²) >= 11 is 0. The average molecular weight is 520 g/mol. The van der Waals surface area contributed by atoms with Gasteiger partial charge >= 0.3 is 6.09 Å². The van der Waals surface area contributed by atoms with E-state index < -0.39 is 0 Å². The van der Waals surface area contributed by atoms with Crippen LogP contribution >= 0.6 is 24.0 Å². The summed E-state index contributed by atoms with van der Waals surface area (Å²) < 4.78 is 6.90. The molecule has 2 atom stereocenters. The van der Waals surface area contributed by atoms with Crippen molar-refractivity contribution in [3.8, 4) is 0 Å². The first-order valence-electron chi connectivity index (χ1n) is 10.4. The third kappa shape index (κ3) is 8.39. The molecule has 1 aromatic rings. The number of rotatable bonds is 8. The van der Waals surface area contributed by atoms with Crippen LogP contribution in [0.4, 0.5) is 4.79 Å². The van der Waals surface area contributed by atoms with Crippen molar-refractivity contribution in [2.24, 2.45) is 18.0 Å². The first-order valence-corrected chi connectivity index (χ1v) is 10.4. The molecule has 9 heteroatoms. The number of aromatic nitrogens is 2. The van der Waals surface area contributed by atoms with Gasteiger partial charge in [0.05, 0.1) is 25.4 Å². The molecule has 1 aliphatic rings. The van der Waals surface area contributed by atoms with Gasteiger partial charge in [-0.05, 0) is 38.2 Å². The van der Waals surface area contributed by atoms with Crippen molar-refractivity contribution in [2.45, 2.75) is 52.5 Å². The van der Waals surface area contributed by atoms with Crippen LogP contribution in [0.1, 0.15) is 52.0 Å². The minimum Gasteiger partial charge on any atom is -0.450 e. The van der Waals surface area contributed by atoms with Crippen LogP contribution in [0.25, 0.3) is 0 Å². The second-order valence-electron chi connectivity index (χ2n) is 7.76. The zero-order valence-corrected chi connectivity index (χ0v) is 20.7. The molecule has 2 heterocycles. The highest BCUT2D eigenvalue weighted by molar-refractivity contribution is 14.0. The number of alkyl carbamates (subject to hydrolysis) is 1. The molecule has 0 spiro atoms. The van der Waals surface area contributed by atoms with Gasteiger partial charge in [-0.15, -0.1) is 24.0 Å². The largest absolute Gasteiger partial charge is 0.450 e. The van der Waals surface area contributed by atoms with Crippen molar-refractivity contribution in [2.75, 3.05) is 32.8 Å². The van der Waals surface area contributed by atoms with Gasteiger partial charge in [0.2, 0.25) is 0 Å². The van der Waals surface area contributed by atoms with Gasteiger partial charge < -0.3 is 20.3 Å². The number of hydrogen-bond acceptors (Lipinski definition) is 4. The van der Waals surface area contributed by atoms with Crippen molar-refractivity contribution in [3.63, 3.8) is 0 Å². The quantitative estimate of drug-likeness (QED) is 0.313. The van der Waals surface area contributed by atoms with E-state index in [1.54, 1.807) is 0 Å². The SMILES string of the molecule is CCNC(=NCC(CC(C)C)NC(=O)OCC)N1CCC(c2cnn(C)c2)C1.I. The van der Waals surface area contributed by atoms with Gasteiger partial charge in [0.15, 0.2) is 5.96 Å². The summed E-state index contributed by atoms with van der Waals surface area (Å²) in [5, 5.41) is 10.6. The lowest BCUT2D eigenvalue weighted by molar-refractivity contribution is 0.147. The molecule has 0 aliphatic carbocycles. The Balaban J connectivity index is 0.00000420. The number of carbonyl (C=O) groups is 1. The maximum absolute atomic E-state index is 11.8. The predicted octanol–water partition coefficient (Wildman–Crippen LogP) is 2.95. The van der Waals surface area contributed by atoms with E-state index in [2.05, 4.69) is 47.6 Å². The molecule has 0 radical (unpaired) electrons. The number of nitrogens with one attached hydrogen (secondary N) is 2. The monoisotopic (exact) mass is 520 g/mol. The van der Waals surface area contributed by atoms with E-state index in [1.165, 1.54) is 5.56 Å². The molecule has 1 saturated heterocycles. The van der Waals surface area contributed by atoms with E-state index in [4.69, 9.17) is 9.73 Å². The van der Waals surface area contributed by atoms with Gasteiger partial charge in [-0.25, -0.2) is 4.79 Å². The molecule has 1 aliphatic heterocycles. The molecule has 2 unspecified atom stereocenters. The Kier molecular flexibility index (Phi) is 11.4. The van der Waals surface area contributed by atoms with E-state index in [1.807, 2.05) is 24.9 Å². The van der Waals surface area contributed by atoms with Gasteiger partial charge in [0.1, 0.15) is 0 Å². The summed E-state index contributed by atoms with van der Waals surface area (Å²) in [4.78, 5) is 19.0. The topological polar surface area (TPSA) is 83.8 Å². The first-order chi connectivity index (χ1) is 13.4. The zero-order chi connectivity index (χ0) is 20.5. The van der Waals surface area contributed by atoms with Crippen LogP contribution in [0.5, 0.6) is 0 Å². The third-order valence-corrected chi connectivity index (χ3v) is 4.83. The summed E-state index contributed by atoms with van der Waals surface area (Å²) in [6, 6.07) is -0.0376. The summed E-state index contributed by atoms with van der Waals surface area (Å²) in [5.41, 5.74) is 1.28. The highest BCUT2D eigenvalue weighted by Crippen LogP contribution is 2.26. The van der Waals surface area contributed by atoms with Crippen LogP contribution < -0.4 is 10.6 Å². The normalized spacial score (nSPS) is 17.8. The van der Waals surface area contributed by atoms with Crippen molar-refractivity contribution in [3.05, 3.63) is 18.0 Å². The summed E-state index contributed by atoms with van der Waals surface area (Å²) in [7, 11) is 1.95. The number of guanidine groups is 1. The van der Waals surface area contributed by atoms with Gasteiger partial charge in [-0.2, -0.15) is 5.10 Å². The summed E-state index contributed by atoms with van der Waals surface area (Å²) in [6.45, 7) is 11.8. The minimum atomic E-state index is -0.369. The Hall–Kier alpha value is -1.52. The molecule has 1 aromatic heterocycles. The van der Waals surface area contributed by atoms with Gasteiger partial charge in [0, 0.05) is 38.8 Å². The summed E-state index contributed by atoms with van der Waals surface area (Å²) in [6.07, 6.45) is 5.64. The molecule has 0 bridgehead atoms. The van der Waals surface area contributed by atoms with Crippen LogP contribution in [0.3, 0.4) is 0 Å². The Morgan fingerprint density at radius 2 is 2.17 bits per heavy atom. The van der Waals surface area contributed by atoms with E-state index in [0.717, 1.165) is 38.4 Å². The number of halogens is 1. The lowest BCUT2D eigenvalue weighted by Crippen LogP contribution is -2.42. The van der Waals surface area contributed by atoms with Crippen LogP contribution in [0.2, 0.25) is 0 Å². The molecule has 166 valence electrons. The highest BCUT2D eigenvalue weighted by Gasteiger charge is 2.27. The smallest absolute Gasteiger partial charge is 0.407 e. The van der Waals surface area contributed by atoms with Crippen molar-refractivity contribution in [1.29, 1.82) is 0 Å². The Bertz CT molecular complexity index is 649. The predicted molar refractivity (Wildman–Crippen MR) is 127 cm³/mol. The van der Waals surface area contributed by atoms with Gasteiger partial charge in [0.25, 0.3) is 0 Å². The number of aryl methyl sites for hydroxylation is 1. The molecule has 1 fully saturated rings. The number of aliphatic imine (C=N–C) groups is 1. The summed E-state index contributed by atoms with van der Waals surface area (Å²) in [5.74, 6) is 1.85. The molecule has 2 rings (SSSR count). The lowest BCUT2D eigenvalue weighted by Gasteiger charge is -2.23. The first kappa shape index (κ1) is 25.5. The number of hydrogen-bond donors (Lipinski definition) is 2. The van der Waals surface area contributed by atoms with Gasteiger partial charge in [-0.3, -0.25) is 9.67 Å². The standard InChI is InChI=1S/C20H36N6O2.HI/c1-6-21-19(22-12-18(10-15(3)4)24-20(27)28-7-2)26-9-8-16(14-26)17-11-23-25(5)13-17;/h11,13,15-16,18H,6-10,12,14H2,1-5H3,(H,21,22)(H,24,27);1H. The maximum Gasteiger partial charge on any atom is 0.407 e. The Morgan fingerprint density at radius 3 is 2.76 bits per heavy atom. The number of carbonyl (C=O) groups excluding carboxylic acids is 1. The minimum absolute atomic E-state index is 0. The molecule has 29 heavy (non-hydrogen) atoms. The van der Waals surface area contributed by atoms with Crippen LogP contribution in [0, 0.1) is 5.92 Å². The molecular formula is C20H37IN6O2. The van der Waals surface area contributed by atoms with Crippen LogP contribution in [-0.2, 0) is 11.8 Å². The van der Waals surface area contributed by atoms with Crippen molar-refractivity contribution < 1.29 is 9.53 Å². The molecule has 2 N–H and O–H groups in total. The zero-order valence-electron chi connectivity index (χ0n) is 18.4. The number of ether oxygens (including phenoxy) is 1. The number of amides is 1. The average Bonchev–Trinajstić information content (AvgIpc) is 3.27.